The largest absolute Gasteiger partial charge is 0.315 e. The number of rotatable bonds is 7. The van der Waals surface area contributed by atoms with Gasteiger partial charge in [0.15, 0.2) is 4.34 Å². The molecule has 5 nitrogen and oxygen atoms in total. The van der Waals surface area contributed by atoms with Gasteiger partial charge in [0.05, 0.1) is 5.75 Å². The molecule has 92 valence electrons. The maximum Gasteiger partial charge on any atom is 0.174 e. The summed E-state index contributed by atoms with van der Waals surface area (Å²) in [6.45, 7) is 3.21. The summed E-state index contributed by atoms with van der Waals surface area (Å²) in [5.74, 6) is 1.06. The number of aromatic nitrogens is 2. The Labute approximate surface area is 104 Å². The van der Waals surface area contributed by atoms with E-state index in [4.69, 9.17) is 0 Å². The summed E-state index contributed by atoms with van der Waals surface area (Å²) in [5.41, 5.74) is 0. The van der Waals surface area contributed by atoms with E-state index in [0.29, 0.717) is 6.54 Å². The van der Waals surface area contributed by atoms with Crippen LogP contribution in [0, 0.1) is 6.92 Å². The first-order valence-corrected chi connectivity index (χ1v) is 8.65. The van der Waals surface area contributed by atoms with E-state index < -0.39 is 9.84 Å². The van der Waals surface area contributed by atoms with E-state index in [9.17, 15) is 8.42 Å². The van der Waals surface area contributed by atoms with Crippen molar-refractivity contribution in [2.75, 3.05) is 30.9 Å². The minimum atomic E-state index is -2.85. The highest BCUT2D eigenvalue weighted by Crippen LogP contribution is 2.20. The van der Waals surface area contributed by atoms with E-state index in [1.165, 1.54) is 6.26 Å². The molecule has 1 aromatic heterocycles. The molecule has 0 aliphatic rings. The highest BCUT2D eigenvalue weighted by molar-refractivity contribution is 8.01. The van der Waals surface area contributed by atoms with Crippen molar-refractivity contribution in [2.45, 2.75) is 11.3 Å². The van der Waals surface area contributed by atoms with Crippen molar-refractivity contribution in [1.29, 1.82) is 0 Å². The molecule has 0 saturated carbocycles. The first-order chi connectivity index (χ1) is 7.47. The van der Waals surface area contributed by atoms with Crippen LogP contribution in [-0.4, -0.2) is 49.5 Å². The van der Waals surface area contributed by atoms with Gasteiger partial charge in [0.25, 0.3) is 0 Å². The third-order valence-corrected chi connectivity index (χ3v) is 4.58. The first-order valence-electron chi connectivity index (χ1n) is 4.79. The Balaban J connectivity index is 2.04. The molecule has 0 bridgehead atoms. The Hall–Kier alpha value is -0.180. The molecule has 0 fully saturated rings. The number of sulfone groups is 1. The lowest BCUT2D eigenvalue weighted by molar-refractivity contribution is 0.598. The Kier molecular flexibility index (Phi) is 5.67. The molecule has 0 amide bonds. The zero-order chi connectivity index (χ0) is 12.0. The van der Waals surface area contributed by atoms with Crippen LogP contribution in [0.5, 0.6) is 0 Å². The molecule has 1 heterocycles. The molecule has 0 aromatic carbocycles. The van der Waals surface area contributed by atoms with Gasteiger partial charge in [-0.1, -0.05) is 23.1 Å². The lowest BCUT2D eigenvalue weighted by atomic mass is 10.7. The summed E-state index contributed by atoms with van der Waals surface area (Å²) in [6, 6.07) is 0. The Morgan fingerprint density at radius 2 is 2.12 bits per heavy atom. The minimum Gasteiger partial charge on any atom is -0.315 e. The van der Waals surface area contributed by atoms with Crippen molar-refractivity contribution in [1.82, 2.24) is 15.5 Å². The van der Waals surface area contributed by atoms with Crippen LogP contribution in [0.15, 0.2) is 4.34 Å². The van der Waals surface area contributed by atoms with E-state index in [0.717, 1.165) is 21.6 Å². The number of thioether (sulfide) groups is 1. The lowest BCUT2D eigenvalue weighted by Gasteiger charge is -2.01. The van der Waals surface area contributed by atoms with Crippen LogP contribution in [-0.2, 0) is 9.84 Å². The zero-order valence-electron chi connectivity index (χ0n) is 9.26. The smallest absolute Gasteiger partial charge is 0.174 e. The second kappa shape index (κ2) is 6.53. The summed E-state index contributed by atoms with van der Waals surface area (Å²) >= 11 is 3.21. The Bertz CT molecular complexity index is 416. The second-order valence-corrected chi connectivity index (χ2v) is 8.10. The fourth-order valence-corrected chi connectivity index (χ4v) is 3.23. The molecule has 0 unspecified atom stereocenters. The quantitative estimate of drug-likeness (QED) is 0.582. The molecule has 8 heteroatoms. The van der Waals surface area contributed by atoms with E-state index in [-0.39, 0.29) is 5.75 Å². The van der Waals surface area contributed by atoms with Gasteiger partial charge in [-0.2, -0.15) is 0 Å². The molecule has 16 heavy (non-hydrogen) atoms. The molecular weight excluding hydrogens is 266 g/mol. The molecule has 1 N–H and O–H groups in total. The second-order valence-electron chi connectivity index (χ2n) is 3.32. The lowest BCUT2D eigenvalue weighted by Crippen LogP contribution is -2.24. The monoisotopic (exact) mass is 281 g/mol. The van der Waals surface area contributed by atoms with E-state index in [2.05, 4.69) is 15.5 Å². The Morgan fingerprint density at radius 3 is 2.69 bits per heavy atom. The van der Waals surface area contributed by atoms with E-state index in [1.54, 1.807) is 23.1 Å². The number of aryl methyl sites for hydroxylation is 1. The average molecular weight is 281 g/mol. The van der Waals surface area contributed by atoms with Crippen LogP contribution in [0.4, 0.5) is 0 Å². The molecule has 0 aliphatic heterocycles. The molecular formula is C8H15N3O2S3. The van der Waals surface area contributed by atoms with Gasteiger partial charge in [-0.15, -0.1) is 10.2 Å². The summed E-state index contributed by atoms with van der Waals surface area (Å²) in [5, 5.41) is 11.9. The zero-order valence-corrected chi connectivity index (χ0v) is 11.7. The maximum atomic E-state index is 10.8. The minimum absolute atomic E-state index is 0.190. The highest BCUT2D eigenvalue weighted by Gasteiger charge is 2.02. The molecule has 0 atom stereocenters. The van der Waals surface area contributed by atoms with Crippen molar-refractivity contribution < 1.29 is 8.42 Å². The molecule has 0 aliphatic carbocycles. The maximum absolute atomic E-state index is 10.8. The molecule has 1 rings (SSSR count). The predicted molar refractivity (Wildman–Crippen MR) is 68.0 cm³/mol. The molecule has 0 spiro atoms. The fraction of sp³-hybridized carbons (Fsp3) is 0.750. The predicted octanol–water partition coefficient (Wildman–Crippen LogP) is 0.573. The van der Waals surface area contributed by atoms with Gasteiger partial charge >= 0.3 is 0 Å². The van der Waals surface area contributed by atoms with Gasteiger partial charge in [0.2, 0.25) is 0 Å². The van der Waals surface area contributed by atoms with Crippen molar-refractivity contribution in [3.63, 3.8) is 0 Å². The van der Waals surface area contributed by atoms with Gasteiger partial charge < -0.3 is 5.32 Å². The van der Waals surface area contributed by atoms with Gasteiger partial charge in [-0.3, -0.25) is 0 Å². The van der Waals surface area contributed by atoms with Gasteiger partial charge in [-0.05, 0) is 6.92 Å². The molecule has 1 aromatic rings. The van der Waals surface area contributed by atoms with Gasteiger partial charge in [-0.25, -0.2) is 8.42 Å². The van der Waals surface area contributed by atoms with Crippen molar-refractivity contribution >= 4 is 32.9 Å². The third kappa shape index (κ3) is 6.41. The summed E-state index contributed by atoms with van der Waals surface area (Å²) < 4.78 is 22.6. The first kappa shape index (κ1) is 13.9. The standard InChI is InChI=1S/C8H15N3O2S3/c1-7-10-11-8(15-7)14-5-3-9-4-6-16(2,12)13/h9H,3-6H2,1-2H3. The normalized spacial score (nSPS) is 11.9. The summed E-state index contributed by atoms with van der Waals surface area (Å²) in [7, 11) is -2.85. The number of hydrogen-bond donors (Lipinski definition) is 1. The Morgan fingerprint density at radius 1 is 1.38 bits per heavy atom. The third-order valence-electron chi connectivity index (χ3n) is 1.66. The van der Waals surface area contributed by atoms with Crippen LogP contribution in [0.1, 0.15) is 5.01 Å². The topological polar surface area (TPSA) is 72.0 Å². The van der Waals surface area contributed by atoms with Crippen LogP contribution < -0.4 is 5.32 Å². The van der Waals surface area contributed by atoms with Crippen LogP contribution in [0.25, 0.3) is 0 Å². The van der Waals surface area contributed by atoms with E-state index >= 15 is 0 Å². The summed E-state index contributed by atoms with van der Waals surface area (Å²) in [6.07, 6.45) is 1.24. The number of nitrogens with one attached hydrogen (secondary N) is 1. The van der Waals surface area contributed by atoms with Crippen LogP contribution in [0.2, 0.25) is 0 Å². The number of nitrogens with zero attached hydrogens (tertiary/aromatic N) is 2. The van der Waals surface area contributed by atoms with Gasteiger partial charge in [0.1, 0.15) is 14.8 Å². The van der Waals surface area contributed by atoms with Gasteiger partial charge in [0, 0.05) is 25.1 Å². The van der Waals surface area contributed by atoms with E-state index in [1.807, 2.05) is 6.92 Å². The highest BCUT2D eigenvalue weighted by atomic mass is 32.2. The average Bonchev–Trinajstić information content (AvgIpc) is 2.56. The molecule has 0 radical (unpaired) electrons. The summed E-state index contributed by atoms with van der Waals surface area (Å²) in [4.78, 5) is 0. The van der Waals surface area contributed by atoms with Crippen LogP contribution >= 0.6 is 23.1 Å². The fourth-order valence-electron chi connectivity index (χ4n) is 0.930. The van der Waals surface area contributed by atoms with Crippen molar-refractivity contribution in [2.24, 2.45) is 0 Å². The SMILES string of the molecule is Cc1nnc(SCCNCCS(C)(=O)=O)s1. The van der Waals surface area contributed by atoms with Crippen LogP contribution in [0.3, 0.4) is 0 Å². The van der Waals surface area contributed by atoms with Crippen molar-refractivity contribution in [3.8, 4) is 0 Å². The number of hydrogen-bond acceptors (Lipinski definition) is 7. The molecule has 0 saturated heterocycles. The van der Waals surface area contributed by atoms with Crippen molar-refractivity contribution in [3.05, 3.63) is 5.01 Å².